The second-order valence-corrected chi connectivity index (χ2v) is 4.01. The van der Waals surface area contributed by atoms with Crippen molar-refractivity contribution in [3.8, 4) is 0 Å². The van der Waals surface area contributed by atoms with Crippen LogP contribution in [0.25, 0.3) is 0 Å². The molecule has 0 saturated carbocycles. The van der Waals surface area contributed by atoms with Gasteiger partial charge in [-0.1, -0.05) is 44.2 Å². The Morgan fingerprint density at radius 2 is 1.94 bits per heavy atom. The Labute approximate surface area is 108 Å². The number of amides is 1. The molecule has 17 heavy (non-hydrogen) atoms. The second-order valence-electron chi connectivity index (χ2n) is 4.01. The average molecular weight is 259 g/mol. The first kappa shape index (κ1) is 15.9. The molecule has 0 saturated heterocycles. The molecule has 0 aromatic heterocycles. The highest BCUT2D eigenvalue weighted by Crippen LogP contribution is 2.00. The zero-order valence-corrected chi connectivity index (χ0v) is 10.9. The maximum Gasteiger partial charge on any atom is 0.260 e. The van der Waals surface area contributed by atoms with Gasteiger partial charge in [0, 0.05) is 0 Å². The van der Waals surface area contributed by atoms with Gasteiger partial charge in [-0.2, -0.15) is 0 Å². The van der Waals surface area contributed by atoms with Crippen molar-refractivity contribution in [2.75, 3.05) is 0 Å². The van der Waals surface area contributed by atoms with Crippen molar-refractivity contribution >= 4 is 18.3 Å². The summed E-state index contributed by atoms with van der Waals surface area (Å²) in [5.41, 5.74) is 9.00. The van der Waals surface area contributed by atoms with Gasteiger partial charge in [-0.05, 0) is 11.5 Å². The largest absolute Gasteiger partial charge is 0.320 e. The third kappa shape index (κ3) is 5.68. The third-order valence-electron chi connectivity index (χ3n) is 2.28. The highest BCUT2D eigenvalue weighted by Gasteiger charge is 2.16. The molecule has 0 radical (unpaired) electrons. The number of nitrogens with one attached hydrogen (secondary N) is 1. The Morgan fingerprint density at radius 1 is 1.35 bits per heavy atom. The van der Waals surface area contributed by atoms with Crippen molar-refractivity contribution in [1.29, 1.82) is 0 Å². The van der Waals surface area contributed by atoms with Crippen molar-refractivity contribution in [3.05, 3.63) is 35.9 Å². The summed E-state index contributed by atoms with van der Waals surface area (Å²) < 4.78 is 0. The summed E-state index contributed by atoms with van der Waals surface area (Å²) in [7, 11) is 0. The highest BCUT2D eigenvalue weighted by atomic mass is 35.5. The molecule has 1 amide bonds. The number of hydroxylamine groups is 1. The molecule has 1 aromatic rings. The first-order chi connectivity index (χ1) is 7.61. The van der Waals surface area contributed by atoms with E-state index in [0.29, 0.717) is 6.61 Å². The van der Waals surface area contributed by atoms with Gasteiger partial charge in [0.15, 0.2) is 0 Å². The topological polar surface area (TPSA) is 64.4 Å². The normalized spacial score (nSPS) is 11.8. The van der Waals surface area contributed by atoms with E-state index in [1.165, 1.54) is 0 Å². The summed E-state index contributed by atoms with van der Waals surface area (Å²) in [4.78, 5) is 16.5. The molecule has 96 valence electrons. The molecule has 1 atom stereocenters. The van der Waals surface area contributed by atoms with E-state index in [1.807, 2.05) is 44.2 Å². The van der Waals surface area contributed by atoms with E-state index >= 15 is 0 Å². The number of hydrogen-bond acceptors (Lipinski definition) is 3. The predicted molar refractivity (Wildman–Crippen MR) is 69.4 cm³/mol. The maximum atomic E-state index is 11.4. The summed E-state index contributed by atoms with van der Waals surface area (Å²) in [5, 5.41) is 0. The van der Waals surface area contributed by atoms with Crippen LogP contribution in [0.1, 0.15) is 19.4 Å². The number of hydrogen-bond donors (Lipinski definition) is 2. The molecular formula is C12H19ClN2O2. The Morgan fingerprint density at radius 3 is 2.47 bits per heavy atom. The highest BCUT2D eigenvalue weighted by molar-refractivity contribution is 5.85. The van der Waals surface area contributed by atoms with Crippen LogP contribution >= 0.6 is 12.4 Å². The molecule has 0 bridgehead atoms. The van der Waals surface area contributed by atoms with Crippen LogP contribution in [0.4, 0.5) is 0 Å². The lowest BCUT2D eigenvalue weighted by Crippen LogP contribution is -2.43. The van der Waals surface area contributed by atoms with E-state index in [1.54, 1.807) is 0 Å². The minimum absolute atomic E-state index is 0. The molecule has 0 aliphatic heterocycles. The minimum Gasteiger partial charge on any atom is -0.320 e. The van der Waals surface area contributed by atoms with E-state index in [9.17, 15) is 4.79 Å². The molecule has 4 nitrogen and oxygen atoms in total. The van der Waals surface area contributed by atoms with Crippen LogP contribution < -0.4 is 11.2 Å². The fraction of sp³-hybridized carbons (Fsp3) is 0.417. The average Bonchev–Trinajstić information content (AvgIpc) is 2.29. The van der Waals surface area contributed by atoms with Gasteiger partial charge in [0.2, 0.25) is 0 Å². The number of nitrogens with two attached hydrogens (primary N) is 1. The second kappa shape index (κ2) is 8.06. The van der Waals surface area contributed by atoms with Crippen molar-refractivity contribution < 1.29 is 9.63 Å². The summed E-state index contributed by atoms with van der Waals surface area (Å²) in [6.07, 6.45) is 0. The lowest BCUT2D eigenvalue weighted by molar-refractivity contribution is -0.136. The van der Waals surface area contributed by atoms with Crippen molar-refractivity contribution in [2.45, 2.75) is 26.5 Å². The Kier molecular flexibility index (Phi) is 7.54. The zero-order chi connectivity index (χ0) is 12.0. The first-order valence-corrected chi connectivity index (χ1v) is 5.32. The molecule has 1 rings (SSSR count). The Hall–Kier alpha value is -1.10. The zero-order valence-electron chi connectivity index (χ0n) is 10.1. The monoisotopic (exact) mass is 258 g/mol. The molecule has 0 aliphatic carbocycles. The summed E-state index contributed by atoms with van der Waals surface area (Å²) in [6, 6.07) is 9.08. The first-order valence-electron chi connectivity index (χ1n) is 5.32. The molecule has 0 heterocycles. The number of carbonyl (C=O) groups is 1. The van der Waals surface area contributed by atoms with Gasteiger partial charge in [0.1, 0.15) is 0 Å². The molecule has 1 aromatic carbocycles. The summed E-state index contributed by atoms with van der Waals surface area (Å²) in [5.74, 6) is -0.189. The van der Waals surface area contributed by atoms with Crippen molar-refractivity contribution in [1.82, 2.24) is 5.48 Å². The van der Waals surface area contributed by atoms with Crippen LogP contribution in [0.2, 0.25) is 0 Å². The number of rotatable bonds is 5. The summed E-state index contributed by atoms with van der Waals surface area (Å²) >= 11 is 0. The molecular weight excluding hydrogens is 240 g/mol. The van der Waals surface area contributed by atoms with Crippen molar-refractivity contribution in [3.63, 3.8) is 0 Å². The quantitative estimate of drug-likeness (QED) is 0.790. The van der Waals surface area contributed by atoms with Gasteiger partial charge in [-0.15, -0.1) is 12.4 Å². The Balaban J connectivity index is 0.00000256. The van der Waals surface area contributed by atoms with Gasteiger partial charge < -0.3 is 5.73 Å². The third-order valence-corrected chi connectivity index (χ3v) is 2.28. The van der Waals surface area contributed by atoms with Crippen LogP contribution in [0.15, 0.2) is 30.3 Å². The van der Waals surface area contributed by atoms with E-state index in [2.05, 4.69) is 5.48 Å². The van der Waals surface area contributed by atoms with Crippen LogP contribution in [-0.4, -0.2) is 11.9 Å². The van der Waals surface area contributed by atoms with Crippen LogP contribution in [0.5, 0.6) is 0 Å². The van der Waals surface area contributed by atoms with Gasteiger partial charge in [-0.25, -0.2) is 5.48 Å². The molecule has 0 fully saturated rings. The van der Waals surface area contributed by atoms with Crippen LogP contribution in [-0.2, 0) is 16.2 Å². The van der Waals surface area contributed by atoms with E-state index in [0.717, 1.165) is 5.56 Å². The number of benzene rings is 1. The molecule has 0 unspecified atom stereocenters. The Bertz CT molecular complexity index is 331. The summed E-state index contributed by atoms with van der Waals surface area (Å²) in [6.45, 7) is 4.13. The van der Waals surface area contributed by atoms with Crippen molar-refractivity contribution in [2.24, 2.45) is 11.7 Å². The molecule has 0 aliphatic rings. The van der Waals surface area contributed by atoms with Gasteiger partial charge in [-0.3, -0.25) is 9.63 Å². The van der Waals surface area contributed by atoms with Gasteiger partial charge in [0.25, 0.3) is 5.91 Å². The molecule has 3 N–H and O–H groups in total. The van der Waals surface area contributed by atoms with Gasteiger partial charge in [0.05, 0.1) is 12.6 Å². The lowest BCUT2D eigenvalue weighted by Gasteiger charge is -2.14. The fourth-order valence-electron chi connectivity index (χ4n) is 1.14. The number of carbonyl (C=O) groups excluding carboxylic acids is 1. The minimum atomic E-state index is -0.532. The molecule has 5 heteroatoms. The molecule has 0 spiro atoms. The van der Waals surface area contributed by atoms with Crippen LogP contribution in [0, 0.1) is 5.92 Å². The predicted octanol–water partition coefficient (Wildman–Crippen LogP) is 1.64. The SMILES string of the molecule is CC(C)[C@H](N)C(=O)NOCc1ccccc1.Cl. The van der Waals surface area contributed by atoms with Crippen LogP contribution in [0.3, 0.4) is 0 Å². The standard InChI is InChI=1S/C12H18N2O2.ClH/c1-9(2)11(13)12(15)14-16-8-10-6-4-3-5-7-10;/h3-7,9,11H,8,13H2,1-2H3,(H,14,15);1H/t11-;/m0./s1. The van der Waals surface area contributed by atoms with E-state index in [4.69, 9.17) is 10.6 Å². The number of halogens is 1. The lowest BCUT2D eigenvalue weighted by atomic mass is 10.1. The van der Waals surface area contributed by atoms with E-state index < -0.39 is 6.04 Å². The smallest absolute Gasteiger partial charge is 0.260 e. The maximum absolute atomic E-state index is 11.4. The fourth-order valence-corrected chi connectivity index (χ4v) is 1.14. The van der Waals surface area contributed by atoms with Gasteiger partial charge >= 0.3 is 0 Å². The van der Waals surface area contributed by atoms with E-state index in [-0.39, 0.29) is 24.2 Å².